The molecule has 1 aromatic rings. The number of nitrogens with zero attached hydrogens (tertiary/aromatic N) is 2. The lowest BCUT2D eigenvalue weighted by atomic mass is 9.90. The van der Waals surface area contributed by atoms with E-state index in [1.165, 1.54) is 19.3 Å². The van der Waals surface area contributed by atoms with E-state index in [4.69, 9.17) is 0 Å². The van der Waals surface area contributed by atoms with Crippen molar-refractivity contribution < 1.29 is 13.2 Å². The molecule has 0 saturated carbocycles. The molecule has 1 aromatic heterocycles. The van der Waals surface area contributed by atoms with Gasteiger partial charge in [0.1, 0.15) is 10.6 Å². The van der Waals surface area contributed by atoms with E-state index in [1.807, 2.05) is 0 Å². The first-order valence-corrected chi connectivity index (χ1v) is 8.97. The van der Waals surface area contributed by atoms with Gasteiger partial charge in [0, 0.05) is 33.4 Å². The van der Waals surface area contributed by atoms with Gasteiger partial charge in [-0.1, -0.05) is 0 Å². The summed E-state index contributed by atoms with van der Waals surface area (Å²) in [5.41, 5.74) is 0.346. The molecule has 2 unspecified atom stereocenters. The molecule has 0 spiro atoms. The summed E-state index contributed by atoms with van der Waals surface area (Å²) in [6.45, 7) is 2.99. The predicted molar refractivity (Wildman–Crippen MR) is 82.0 cm³/mol. The lowest BCUT2D eigenvalue weighted by Crippen LogP contribution is -2.43. The van der Waals surface area contributed by atoms with Crippen molar-refractivity contribution in [2.45, 2.75) is 11.3 Å². The van der Waals surface area contributed by atoms with Gasteiger partial charge in [0.25, 0.3) is 5.91 Å². The summed E-state index contributed by atoms with van der Waals surface area (Å²) < 4.78 is 28.7. The van der Waals surface area contributed by atoms with E-state index >= 15 is 0 Å². The molecule has 2 aliphatic heterocycles. The highest BCUT2D eigenvalue weighted by Crippen LogP contribution is 2.30. The molecule has 1 amide bonds. The number of carbonyl (C=O) groups excluding carboxylic acids is 1. The number of sulfonamides is 1. The fraction of sp³-hybridized carbons (Fsp3) is 0.643. The maximum absolute atomic E-state index is 12.8. The van der Waals surface area contributed by atoms with Crippen LogP contribution in [0.15, 0.2) is 17.2 Å². The lowest BCUT2D eigenvalue weighted by Gasteiger charge is -2.33. The first-order valence-electron chi connectivity index (χ1n) is 7.53. The summed E-state index contributed by atoms with van der Waals surface area (Å²) in [6, 6.07) is 1.45. The Morgan fingerprint density at radius 3 is 2.82 bits per heavy atom. The molecule has 0 aromatic carbocycles. The van der Waals surface area contributed by atoms with Gasteiger partial charge >= 0.3 is 0 Å². The molecule has 122 valence electrons. The van der Waals surface area contributed by atoms with Gasteiger partial charge in [-0.2, -0.15) is 4.31 Å². The molecule has 22 heavy (non-hydrogen) atoms. The standard InChI is InChI=1S/C14H22N4O3S/c1-15-14(19)13-5-12(9-17(13)2)22(20,21)18-4-3-10-6-16-7-11(10)8-18/h5,9-11,16H,3-4,6-8H2,1-2H3,(H,15,19). The van der Waals surface area contributed by atoms with Crippen LogP contribution in [0.3, 0.4) is 0 Å². The third kappa shape index (κ3) is 2.55. The second-order valence-corrected chi connectivity index (χ2v) is 8.02. The molecule has 2 aliphatic rings. The van der Waals surface area contributed by atoms with Crippen molar-refractivity contribution in [3.05, 3.63) is 18.0 Å². The Kier molecular flexibility index (Phi) is 4.00. The maximum atomic E-state index is 12.8. The highest BCUT2D eigenvalue weighted by Gasteiger charge is 2.38. The van der Waals surface area contributed by atoms with Crippen LogP contribution in [0.4, 0.5) is 0 Å². The van der Waals surface area contributed by atoms with Crippen molar-refractivity contribution in [3.63, 3.8) is 0 Å². The zero-order chi connectivity index (χ0) is 15.9. The van der Waals surface area contributed by atoms with Gasteiger partial charge in [-0.05, 0) is 37.4 Å². The van der Waals surface area contributed by atoms with E-state index in [1.54, 1.807) is 15.9 Å². The fourth-order valence-corrected chi connectivity index (χ4v) is 4.98. The van der Waals surface area contributed by atoms with E-state index in [0.717, 1.165) is 19.5 Å². The van der Waals surface area contributed by atoms with E-state index in [-0.39, 0.29) is 10.8 Å². The van der Waals surface area contributed by atoms with Crippen LogP contribution in [0.5, 0.6) is 0 Å². The SMILES string of the molecule is CNC(=O)c1cc(S(=O)(=O)N2CCC3CNCC3C2)cn1C. The van der Waals surface area contributed by atoms with Gasteiger partial charge in [0.05, 0.1) is 0 Å². The Balaban J connectivity index is 1.85. The molecule has 2 saturated heterocycles. The van der Waals surface area contributed by atoms with Gasteiger partial charge in [-0.3, -0.25) is 4.79 Å². The Morgan fingerprint density at radius 1 is 1.36 bits per heavy atom. The Morgan fingerprint density at radius 2 is 2.09 bits per heavy atom. The second kappa shape index (κ2) is 5.68. The number of carbonyl (C=O) groups is 1. The highest BCUT2D eigenvalue weighted by molar-refractivity contribution is 7.89. The van der Waals surface area contributed by atoms with E-state index in [9.17, 15) is 13.2 Å². The van der Waals surface area contributed by atoms with Crippen LogP contribution >= 0.6 is 0 Å². The maximum Gasteiger partial charge on any atom is 0.267 e. The molecule has 7 nitrogen and oxygen atoms in total. The molecule has 0 radical (unpaired) electrons. The van der Waals surface area contributed by atoms with E-state index in [0.29, 0.717) is 30.6 Å². The summed E-state index contributed by atoms with van der Waals surface area (Å²) in [5.74, 6) is 0.692. The van der Waals surface area contributed by atoms with Crippen molar-refractivity contribution in [2.24, 2.45) is 18.9 Å². The zero-order valence-electron chi connectivity index (χ0n) is 12.9. The molecule has 2 atom stereocenters. The molecular weight excluding hydrogens is 304 g/mol. The minimum absolute atomic E-state index is 0.193. The van der Waals surface area contributed by atoms with Gasteiger partial charge < -0.3 is 15.2 Å². The van der Waals surface area contributed by atoms with Crippen LogP contribution < -0.4 is 10.6 Å². The highest BCUT2D eigenvalue weighted by atomic mass is 32.2. The molecule has 3 heterocycles. The summed E-state index contributed by atoms with van der Waals surface area (Å²) in [7, 11) is -0.333. The number of fused-ring (bicyclic) bond motifs is 1. The van der Waals surface area contributed by atoms with Crippen LogP contribution in [0.2, 0.25) is 0 Å². The number of piperidine rings is 1. The predicted octanol–water partition coefficient (Wildman–Crippen LogP) is -0.385. The monoisotopic (exact) mass is 326 g/mol. The topological polar surface area (TPSA) is 83.4 Å². The number of nitrogens with one attached hydrogen (secondary N) is 2. The van der Waals surface area contributed by atoms with Gasteiger partial charge in [0.2, 0.25) is 10.0 Å². The smallest absolute Gasteiger partial charge is 0.267 e. The number of rotatable bonds is 3. The van der Waals surface area contributed by atoms with Crippen LogP contribution in [-0.2, 0) is 17.1 Å². The summed E-state index contributed by atoms with van der Waals surface area (Å²) >= 11 is 0. The van der Waals surface area contributed by atoms with E-state index < -0.39 is 10.0 Å². The summed E-state index contributed by atoms with van der Waals surface area (Å²) in [4.78, 5) is 11.9. The Bertz CT molecular complexity index is 682. The molecule has 0 bridgehead atoms. The molecule has 2 N–H and O–H groups in total. The fourth-order valence-electron chi connectivity index (χ4n) is 3.40. The van der Waals surface area contributed by atoms with Crippen molar-refractivity contribution in [1.29, 1.82) is 0 Å². The van der Waals surface area contributed by atoms with Crippen LogP contribution in [0.1, 0.15) is 16.9 Å². The van der Waals surface area contributed by atoms with Crippen LogP contribution in [-0.4, -0.2) is 56.4 Å². The molecule has 8 heteroatoms. The number of hydrogen-bond donors (Lipinski definition) is 2. The van der Waals surface area contributed by atoms with Crippen molar-refractivity contribution >= 4 is 15.9 Å². The molecular formula is C14H22N4O3S. The number of aryl methyl sites for hydroxylation is 1. The Hall–Kier alpha value is -1.38. The number of hydrogen-bond acceptors (Lipinski definition) is 4. The van der Waals surface area contributed by atoms with Crippen LogP contribution in [0, 0.1) is 11.8 Å². The van der Waals surface area contributed by atoms with Crippen LogP contribution in [0.25, 0.3) is 0 Å². The minimum Gasteiger partial charge on any atom is -0.354 e. The number of amides is 1. The third-order valence-corrected chi connectivity index (χ3v) is 6.57. The largest absolute Gasteiger partial charge is 0.354 e. The van der Waals surface area contributed by atoms with Crippen molar-refractivity contribution in [3.8, 4) is 0 Å². The normalized spacial score (nSPS) is 25.9. The van der Waals surface area contributed by atoms with Gasteiger partial charge in [-0.15, -0.1) is 0 Å². The van der Waals surface area contributed by atoms with E-state index in [2.05, 4.69) is 10.6 Å². The van der Waals surface area contributed by atoms with Gasteiger partial charge in [0.15, 0.2) is 0 Å². The second-order valence-electron chi connectivity index (χ2n) is 6.08. The van der Waals surface area contributed by atoms with Crippen molar-refractivity contribution in [1.82, 2.24) is 19.5 Å². The average Bonchev–Trinajstić information content (AvgIpc) is 3.12. The first kappa shape index (κ1) is 15.5. The first-order chi connectivity index (χ1) is 10.4. The van der Waals surface area contributed by atoms with Crippen molar-refractivity contribution in [2.75, 3.05) is 33.2 Å². The number of aromatic nitrogens is 1. The molecule has 2 fully saturated rings. The average molecular weight is 326 g/mol. The summed E-state index contributed by atoms with van der Waals surface area (Å²) in [5, 5.41) is 5.85. The van der Waals surface area contributed by atoms with Gasteiger partial charge in [-0.25, -0.2) is 8.42 Å². The molecule has 3 rings (SSSR count). The zero-order valence-corrected chi connectivity index (χ0v) is 13.7. The summed E-state index contributed by atoms with van der Waals surface area (Å²) in [6.07, 6.45) is 2.41. The Labute approximate surface area is 130 Å². The lowest BCUT2D eigenvalue weighted by molar-refractivity contribution is 0.0955. The minimum atomic E-state index is -3.54. The molecule has 0 aliphatic carbocycles. The third-order valence-electron chi connectivity index (χ3n) is 4.74. The quantitative estimate of drug-likeness (QED) is 0.793.